The van der Waals surface area contributed by atoms with E-state index >= 15 is 0 Å². The Bertz CT molecular complexity index is 767. The fraction of sp³-hybridized carbons (Fsp3) is 0.333. The minimum absolute atomic E-state index is 0.0961. The first kappa shape index (κ1) is 14.1. The molecule has 1 aliphatic rings. The van der Waals surface area contributed by atoms with Gasteiger partial charge >= 0.3 is 5.69 Å². The van der Waals surface area contributed by atoms with E-state index in [2.05, 4.69) is 9.88 Å². The highest BCUT2D eigenvalue weighted by Gasteiger charge is 2.26. The predicted octanol–water partition coefficient (Wildman–Crippen LogP) is 1.73. The first-order valence-corrected chi connectivity index (χ1v) is 7.24. The molecular weight excluding hydrogens is 290 g/mol. The van der Waals surface area contributed by atoms with E-state index in [1.807, 2.05) is 37.4 Å². The van der Waals surface area contributed by atoms with Crippen molar-refractivity contribution in [2.24, 2.45) is 0 Å². The number of likely N-dealkylation sites (N-methyl/N-ethyl adjacent to an activating group) is 1. The zero-order valence-electron chi connectivity index (χ0n) is 11.7. The quantitative estimate of drug-likeness (QED) is 0.860. The molecule has 1 atom stereocenters. The molecule has 0 aliphatic carbocycles. The first-order chi connectivity index (χ1) is 10.1. The summed E-state index contributed by atoms with van der Waals surface area (Å²) in [7, 11) is 1.98. The van der Waals surface area contributed by atoms with Crippen LogP contribution >= 0.6 is 11.6 Å². The summed E-state index contributed by atoms with van der Waals surface area (Å²) in [6.07, 6.45) is 0.787. The molecule has 2 heterocycles. The molecule has 0 amide bonds. The van der Waals surface area contributed by atoms with Crippen molar-refractivity contribution >= 4 is 11.6 Å². The lowest BCUT2D eigenvalue weighted by atomic mass is 10.1. The molecule has 5 nitrogen and oxygen atoms in total. The van der Waals surface area contributed by atoms with Gasteiger partial charge in [0.2, 0.25) is 0 Å². The van der Waals surface area contributed by atoms with Crippen LogP contribution in [0.25, 0.3) is 11.1 Å². The van der Waals surface area contributed by atoms with Crippen molar-refractivity contribution in [1.82, 2.24) is 14.5 Å². The predicted molar refractivity (Wildman–Crippen MR) is 82.9 cm³/mol. The minimum Gasteiger partial charge on any atom is -0.304 e. The molecule has 0 spiro atoms. The third-order valence-electron chi connectivity index (χ3n) is 3.88. The third-order valence-corrected chi connectivity index (χ3v) is 4.17. The Morgan fingerprint density at radius 2 is 1.95 bits per heavy atom. The Morgan fingerprint density at radius 1 is 1.24 bits per heavy atom. The van der Waals surface area contributed by atoms with Crippen molar-refractivity contribution in [1.29, 1.82) is 0 Å². The van der Waals surface area contributed by atoms with E-state index in [0.717, 1.165) is 13.0 Å². The highest BCUT2D eigenvalue weighted by molar-refractivity contribution is 6.32. The van der Waals surface area contributed by atoms with E-state index in [9.17, 15) is 9.59 Å². The van der Waals surface area contributed by atoms with Gasteiger partial charge in [-0.3, -0.25) is 14.3 Å². The molecule has 110 valence electrons. The van der Waals surface area contributed by atoms with E-state index in [-0.39, 0.29) is 16.8 Å². The van der Waals surface area contributed by atoms with Crippen LogP contribution < -0.4 is 11.2 Å². The van der Waals surface area contributed by atoms with Gasteiger partial charge < -0.3 is 4.90 Å². The van der Waals surface area contributed by atoms with Crippen LogP contribution in [0.2, 0.25) is 5.15 Å². The molecule has 0 bridgehead atoms. The Hall–Kier alpha value is -1.85. The van der Waals surface area contributed by atoms with Crippen LogP contribution in [-0.4, -0.2) is 34.6 Å². The summed E-state index contributed by atoms with van der Waals surface area (Å²) in [4.78, 5) is 29.6. The second kappa shape index (κ2) is 5.50. The van der Waals surface area contributed by atoms with Crippen LogP contribution in [0.5, 0.6) is 0 Å². The van der Waals surface area contributed by atoms with E-state index in [1.165, 1.54) is 4.57 Å². The number of hydrogen-bond donors (Lipinski definition) is 1. The van der Waals surface area contributed by atoms with E-state index in [1.54, 1.807) is 0 Å². The number of hydrogen-bond acceptors (Lipinski definition) is 3. The summed E-state index contributed by atoms with van der Waals surface area (Å²) in [5, 5.41) is 0.0961. The molecule has 1 aliphatic heterocycles. The Labute approximate surface area is 126 Å². The largest absolute Gasteiger partial charge is 0.329 e. The standard InChI is InChI=1S/C15H16ClN3O2/c1-18-8-7-11(9-18)19-14(20)12(13(16)17-15(19)21)10-5-3-2-4-6-10/h2-6,11H,7-9H2,1H3,(H,17,21). The molecule has 0 saturated carbocycles. The number of aromatic amines is 1. The smallest absolute Gasteiger partial charge is 0.304 e. The zero-order valence-corrected chi connectivity index (χ0v) is 12.4. The lowest BCUT2D eigenvalue weighted by Crippen LogP contribution is -2.39. The summed E-state index contributed by atoms with van der Waals surface area (Å²) < 4.78 is 1.30. The van der Waals surface area contributed by atoms with Gasteiger partial charge in [-0.1, -0.05) is 41.9 Å². The zero-order chi connectivity index (χ0) is 15.0. The number of rotatable bonds is 2. The second-order valence-corrected chi connectivity index (χ2v) is 5.74. The number of halogens is 1. The molecule has 1 unspecified atom stereocenters. The van der Waals surface area contributed by atoms with Gasteiger partial charge in [0.1, 0.15) is 5.15 Å². The molecule has 1 aromatic heterocycles. The Balaban J connectivity index is 2.19. The normalized spacial score (nSPS) is 19.0. The van der Waals surface area contributed by atoms with Crippen molar-refractivity contribution in [2.45, 2.75) is 12.5 Å². The number of likely N-dealkylation sites (tertiary alicyclic amines) is 1. The summed E-state index contributed by atoms with van der Waals surface area (Å²) in [6, 6.07) is 9.06. The van der Waals surface area contributed by atoms with Gasteiger partial charge in [-0.15, -0.1) is 0 Å². The van der Waals surface area contributed by atoms with Crippen molar-refractivity contribution in [3.05, 3.63) is 56.3 Å². The average molecular weight is 306 g/mol. The number of H-pyrrole nitrogens is 1. The summed E-state index contributed by atoms with van der Waals surface area (Å²) in [5.74, 6) is 0. The Morgan fingerprint density at radius 3 is 2.57 bits per heavy atom. The number of nitrogens with one attached hydrogen (secondary N) is 1. The van der Waals surface area contributed by atoms with Crippen LogP contribution in [0.1, 0.15) is 12.5 Å². The fourth-order valence-electron chi connectivity index (χ4n) is 2.83. The van der Waals surface area contributed by atoms with Crippen LogP contribution in [0.3, 0.4) is 0 Å². The number of benzene rings is 1. The maximum atomic E-state index is 12.7. The lowest BCUT2D eigenvalue weighted by Gasteiger charge is -2.15. The highest BCUT2D eigenvalue weighted by Crippen LogP contribution is 2.23. The molecule has 1 N–H and O–H groups in total. The van der Waals surface area contributed by atoms with Crippen LogP contribution in [0.15, 0.2) is 39.9 Å². The van der Waals surface area contributed by atoms with Crippen LogP contribution in [0, 0.1) is 0 Å². The van der Waals surface area contributed by atoms with Gasteiger partial charge in [0.15, 0.2) is 0 Å². The summed E-state index contributed by atoms with van der Waals surface area (Å²) in [5.41, 5.74) is 0.301. The fourth-order valence-corrected chi connectivity index (χ4v) is 3.10. The maximum Gasteiger partial charge on any atom is 0.329 e. The van der Waals surface area contributed by atoms with Gasteiger partial charge in [0.05, 0.1) is 11.6 Å². The number of nitrogens with zero attached hydrogens (tertiary/aromatic N) is 2. The monoisotopic (exact) mass is 305 g/mol. The van der Waals surface area contributed by atoms with Gasteiger partial charge in [0, 0.05) is 6.54 Å². The van der Waals surface area contributed by atoms with Crippen molar-refractivity contribution in [3.63, 3.8) is 0 Å². The van der Waals surface area contributed by atoms with Gasteiger partial charge in [-0.2, -0.15) is 0 Å². The second-order valence-electron chi connectivity index (χ2n) is 5.37. The van der Waals surface area contributed by atoms with Crippen molar-refractivity contribution < 1.29 is 0 Å². The topological polar surface area (TPSA) is 58.1 Å². The van der Waals surface area contributed by atoms with Gasteiger partial charge in [0.25, 0.3) is 5.56 Å². The van der Waals surface area contributed by atoms with Crippen molar-refractivity contribution in [2.75, 3.05) is 20.1 Å². The molecule has 0 radical (unpaired) electrons. The van der Waals surface area contributed by atoms with Gasteiger partial charge in [-0.25, -0.2) is 4.79 Å². The summed E-state index contributed by atoms with van der Waals surface area (Å²) >= 11 is 6.10. The molecule has 1 aromatic carbocycles. The van der Waals surface area contributed by atoms with E-state index in [0.29, 0.717) is 17.7 Å². The molecular formula is C15H16ClN3O2. The average Bonchev–Trinajstić information content (AvgIpc) is 2.85. The van der Waals surface area contributed by atoms with Gasteiger partial charge in [-0.05, 0) is 25.6 Å². The molecule has 3 rings (SSSR count). The molecule has 1 fully saturated rings. The van der Waals surface area contributed by atoms with Crippen LogP contribution in [-0.2, 0) is 0 Å². The molecule has 2 aromatic rings. The lowest BCUT2D eigenvalue weighted by molar-refractivity contribution is 0.385. The molecule has 1 saturated heterocycles. The minimum atomic E-state index is -0.440. The van der Waals surface area contributed by atoms with Crippen molar-refractivity contribution in [3.8, 4) is 11.1 Å². The van der Waals surface area contributed by atoms with E-state index < -0.39 is 5.69 Å². The third kappa shape index (κ3) is 2.54. The molecule has 6 heteroatoms. The first-order valence-electron chi connectivity index (χ1n) is 6.86. The van der Waals surface area contributed by atoms with Crippen LogP contribution in [0.4, 0.5) is 0 Å². The number of aromatic nitrogens is 2. The summed E-state index contributed by atoms with van der Waals surface area (Å²) in [6.45, 7) is 1.57. The SMILES string of the molecule is CN1CCC(n2c(=O)[nH]c(Cl)c(-c3ccccc3)c2=O)C1. The highest BCUT2D eigenvalue weighted by atomic mass is 35.5. The van der Waals surface area contributed by atoms with E-state index in [4.69, 9.17) is 11.6 Å². The molecule has 21 heavy (non-hydrogen) atoms. The maximum absolute atomic E-state index is 12.7. The Kier molecular flexibility index (Phi) is 3.69.